The quantitative estimate of drug-likeness (QED) is 0.644. The summed E-state index contributed by atoms with van der Waals surface area (Å²) in [4.78, 5) is 0. The van der Waals surface area contributed by atoms with Crippen molar-refractivity contribution < 1.29 is 18.1 Å². The lowest BCUT2D eigenvalue weighted by molar-refractivity contribution is 0.00578. The van der Waals surface area contributed by atoms with Crippen LogP contribution in [0.25, 0.3) is 0 Å². The summed E-state index contributed by atoms with van der Waals surface area (Å²) in [5.41, 5.74) is -0.351. The molecule has 0 aromatic rings. The van der Waals surface area contributed by atoms with Gasteiger partial charge in [-0.1, -0.05) is 6.08 Å². The maximum Gasteiger partial charge on any atom is 0.490 e. The summed E-state index contributed by atoms with van der Waals surface area (Å²) >= 11 is 0. The van der Waals surface area contributed by atoms with Gasteiger partial charge in [0.2, 0.25) is 0 Å². The van der Waals surface area contributed by atoms with Gasteiger partial charge in [0.25, 0.3) is 5.92 Å². The van der Waals surface area contributed by atoms with Gasteiger partial charge in [-0.3, -0.25) is 0 Å². The summed E-state index contributed by atoms with van der Waals surface area (Å²) < 4.78 is 37.6. The zero-order valence-electron chi connectivity index (χ0n) is 10.1. The first kappa shape index (κ1) is 12.1. The molecule has 2 nitrogen and oxygen atoms in total. The summed E-state index contributed by atoms with van der Waals surface area (Å²) in [6.07, 6.45) is 1.10. The van der Waals surface area contributed by atoms with Crippen molar-refractivity contribution in [3.63, 3.8) is 0 Å². The van der Waals surface area contributed by atoms with E-state index in [-0.39, 0.29) is 12.8 Å². The summed E-state index contributed by atoms with van der Waals surface area (Å²) in [6, 6.07) is 0. The second-order valence-electron chi connectivity index (χ2n) is 5.60. The van der Waals surface area contributed by atoms with Crippen molar-refractivity contribution in [2.24, 2.45) is 0 Å². The Kier molecular flexibility index (Phi) is 2.48. The van der Waals surface area contributed by atoms with Crippen molar-refractivity contribution in [2.45, 2.75) is 57.7 Å². The van der Waals surface area contributed by atoms with E-state index in [0.29, 0.717) is 5.47 Å². The molecule has 1 saturated heterocycles. The molecule has 16 heavy (non-hydrogen) atoms. The maximum atomic E-state index is 13.1. The standard InChI is InChI=1S/C11H17BF2O2/c1-9(2)10(3,4)16-12(15-9)8-5-6-11(13,14)7-8/h5H,6-7H2,1-4H3. The molecule has 1 heterocycles. The molecule has 0 aromatic carbocycles. The Morgan fingerprint density at radius 1 is 1.12 bits per heavy atom. The molecule has 0 N–H and O–H groups in total. The minimum Gasteiger partial charge on any atom is -0.400 e. The van der Waals surface area contributed by atoms with Gasteiger partial charge in [0, 0.05) is 12.8 Å². The van der Waals surface area contributed by atoms with Crippen molar-refractivity contribution in [3.8, 4) is 0 Å². The van der Waals surface area contributed by atoms with Gasteiger partial charge in [0.1, 0.15) is 0 Å². The van der Waals surface area contributed by atoms with Crippen LogP contribution in [0.15, 0.2) is 11.5 Å². The van der Waals surface area contributed by atoms with E-state index in [4.69, 9.17) is 9.31 Å². The topological polar surface area (TPSA) is 18.5 Å². The zero-order chi connectivity index (χ0) is 12.2. The highest BCUT2D eigenvalue weighted by atomic mass is 19.3. The first-order chi connectivity index (χ1) is 7.13. The molecule has 1 fully saturated rings. The molecule has 2 aliphatic rings. The van der Waals surface area contributed by atoms with E-state index in [1.807, 2.05) is 27.7 Å². The van der Waals surface area contributed by atoms with Crippen molar-refractivity contribution in [1.82, 2.24) is 0 Å². The summed E-state index contributed by atoms with van der Waals surface area (Å²) in [5, 5.41) is 0. The molecule has 0 bridgehead atoms. The molecule has 2 rings (SSSR count). The van der Waals surface area contributed by atoms with Crippen LogP contribution < -0.4 is 0 Å². The monoisotopic (exact) mass is 230 g/mol. The molecule has 0 amide bonds. The van der Waals surface area contributed by atoms with Gasteiger partial charge in [0.05, 0.1) is 11.2 Å². The van der Waals surface area contributed by atoms with Crippen molar-refractivity contribution in [2.75, 3.05) is 0 Å². The molecular weight excluding hydrogens is 213 g/mol. The fourth-order valence-electron chi connectivity index (χ4n) is 1.90. The average Bonchev–Trinajstić information content (AvgIpc) is 2.52. The maximum absolute atomic E-state index is 13.1. The Morgan fingerprint density at radius 3 is 2.00 bits per heavy atom. The van der Waals surface area contributed by atoms with Gasteiger partial charge in [0.15, 0.2) is 0 Å². The van der Waals surface area contributed by atoms with Crippen LogP contribution in [0.4, 0.5) is 8.78 Å². The third kappa shape index (κ3) is 1.91. The van der Waals surface area contributed by atoms with Crippen LogP contribution in [0.5, 0.6) is 0 Å². The molecule has 0 atom stereocenters. The van der Waals surface area contributed by atoms with Crippen molar-refractivity contribution >= 4 is 7.12 Å². The molecule has 5 heteroatoms. The van der Waals surface area contributed by atoms with E-state index in [1.165, 1.54) is 0 Å². The third-order valence-corrected chi connectivity index (χ3v) is 3.68. The minimum atomic E-state index is -2.63. The van der Waals surface area contributed by atoms with E-state index in [2.05, 4.69) is 0 Å². The Hall–Kier alpha value is -0.415. The SMILES string of the molecule is CC1(C)OB(C2=CCC(F)(F)C2)OC1(C)C. The normalized spacial score (nSPS) is 30.6. The lowest BCUT2D eigenvalue weighted by Gasteiger charge is -2.32. The fourth-order valence-corrected chi connectivity index (χ4v) is 1.90. The van der Waals surface area contributed by atoms with Crippen LogP contribution in [0.2, 0.25) is 0 Å². The summed E-state index contributed by atoms with van der Waals surface area (Å²) in [6.45, 7) is 7.67. The van der Waals surface area contributed by atoms with Crippen LogP contribution in [0, 0.1) is 0 Å². The minimum absolute atomic E-state index is 0.202. The fraction of sp³-hybridized carbons (Fsp3) is 0.818. The van der Waals surface area contributed by atoms with E-state index in [0.717, 1.165) is 0 Å². The first-order valence-corrected chi connectivity index (χ1v) is 5.55. The van der Waals surface area contributed by atoms with Gasteiger partial charge in [-0.25, -0.2) is 8.78 Å². The highest BCUT2D eigenvalue weighted by Gasteiger charge is 2.54. The zero-order valence-corrected chi connectivity index (χ0v) is 10.1. The molecular formula is C11H17BF2O2. The van der Waals surface area contributed by atoms with Crippen LogP contribution in [-0.4, -0.2) is 24.2 Å². The lowest BCUT2D eigenvalue weighted by Crippen LogP contribution is -2.41. The molecule has 0 radical (unpaired) electrons. The first-order valence-electron chi connectivity index (χ1n) is 5.55. The third-order valence-electron chi connectivity index (χ3n) is 3.68. The van der Waals surface area contributed by atoms with Gasteiger partial charge >= 0.3 is 7.12 Å². The highest BCUT2D eigenvalue weighted by molar-refractivity contribution is 6.54. The number of allylic oxidation sites excluding steroid dienone is 2. The van der Waals surface area contributed by atoms with Crippen molar-refractivity contribution in [1.29, 1.82) is 0 Å². The van der Waals surface area contributed by atoms with Crippen molar-refractivity contribution in [3.05, 3.63) is 11.5 Å². The molecule has 90 valence electrons. The number of hydrogen-bond donors (Lipinski definition) is 0. The number of halogens is 2. The van der Waals surface area contributed by atoms with Gasteiger partial charge in [-0.2, -0.15) is 0 Å². The number of hydrogen-bond acceptors (Lipinski definition) is 2. The second kappa shape index (κ2) is 3.29. The molecule has 0 saturated carbocycles. The predicted molar refractivity (Wildman–Crippen MR) is 58.3 cm³/mol. The molecule has 0 aromatic heterocycles. The van der Waals surface area contributed by atoms with E-state index in [1.54, 1.807) is 6.08 Å². The predicted octanol–water partition coefficient (Wildman–Crippen LogP) is 2.97. The summed E-state index contributed by atoms with van der Waals surface area (Å²) in [5.74, 6) is -2.63. The van der Waals surface area contributed by atoms with Crippen LogP contribution in [0.1, 0.15) is 40.5 Å². The number of rotatable bonds is 1. The molecule has 1 aliphatic heterocycles. The smallest absolute Gasteiger partial charge is 0.400 e. The van der Waals surface area contributed by atoms with E-state index >= 15 is 0 Å². The van der Waals surface area contributed by atoms with E-state index in [9.17, 15) is 8.78 Å². The Balaban J connectivity index is 2.11. The Bertz CT molecular complexity index is 321. The Labute approximate surface area is 95.1 Å². The summed E-state index contributed by atoms with van der Waals surface area (Å²) in [7, 11) is -0.613. The highest BCUT2D eigenvalue weighted by Crippen LogP contribution is 2.43. The van der Waals surface area contributed by atoms with E-state index < -0.39 is 24.2 Å². The van der Waals surface area contributed by atoms with Gasteiger partial charge in [-0.05, 0) is 33.2 Å². The van der Waals surface area contributed by atoms with Crippen LogP contribution in [0.3, 0.4) is 0 Å². The lowest BCUT2D eigenvalue weighted by atomic mass is 9.77. The molecule has 1 aliphatic carbocycles. The Morgan fingerprint density at radius 2 is 1.62 bits per heavy atom. The second-order valence-corrected chi connectivity index (χ2v) is 5.60. The van der Waals surface area contributed by atoms with Crippen LogP contribution >= 0.6 is 0 Å². The number of alkyl halides is 2. The van der Waals surface area contributed by atoms with Gasteiger partial charge < -0.3 is 9.31 Å². The average molecular weight is 230 g/mol. The molecule has 0 unspecified atom stereocenters. The molecule has 0 spiro atoms. The van der Waals surface area contributed by atoms with Crippen LogP contribution in [-0.2, 0) is 9.31 Å². The van der Waals surface area contributed by atoms with Gasteiger partial charge in [-0.15, -0.1) is 0 Å². The largest absolute Gasteiger partial charge is 0.490 e.